The van der Waals surface area contributed by atoms with Gasteiger partial charge in [-0.3, -0.25) is 9.59 Å². The molecule has 5 heteroatoms. The summed E-state index contributed by atoms with van der Waals surface area (Å²) in [5.74, 6) is -1.83. The van der Waals surface area contributed by atoms with Gasteiger partial charge in [-0.15, -0.1) is 0 Å². The van der Waals surface area contributed by atoms with E-state index in [1.54, 1.807) is 27.7 Å². The fraction of sp³-hybridized carbons (Fsp3) is 0.889. The Kier molecular flexibility index (Phi) is 8.82. The van der Waals surface area contributed by atoms with Gasteiger partial charge in [0.05, 0.1) is 23.0 Å². The molecule has 5 nitrogen and oxygen atoms in total. The molecule has 2 atom stereocenters. The summed E-state index contributed by atoms with van der Waals surface area (Å²) in [6.45, 7) is 10.7. The van der Waals surface area contributed by atoms with Crippen LogP contribution in [0, 0.1) is 10.8 Å². The van der Waals surface area contributed by atoms with E-state index in [2.05, 4.69) is 0 Å². The molecule has 0 aromatic rings. The van der Waals surface area contributed by atoms with Crippen molar-refractivity contribution in [1.29, 1.82) is 0 Å². The van der Waals surface area contributed by atoms with E-state index >= 15 is 0 Å². The molecular formula is C18H34O5. The maximum Gasteiger partial charge on any atom is 0.311 e. The fourth-order valence-electron chi connectivity index (χ4n) is 2.45. The smallest absolute Gasteiger partial charge is 0.311 e. The summed E-state index contributed by atoms with van der Waals surface area (Å²) in [5, 5.41) is 19.0. The number of rotatable bonds is 12. The minimum atomic E-state index is -1.05. The van der Waals surface area contributed by atoms with Crippen LogP contribution in [0.15, 0.2) is 0 Å². The molecule has 2 N–H and O–H groups in total. The van der Waals surface area contributed by atoms with Crippen molar-refractivity contribution in [1.82, 2.24) is 0 Å². The van der Waals surface area contributed by atoms with Crippen LogP contribution in [0.2, 0.25) is 0 Å². The molecule has 23 heavy (non-hydrogen) atoms. The number of aliphatic carboxylic acids is 2. The third kappa shape index (κ3) is 6.13. The maximum atomic E-state index is 11.6. The van der Waals surface area contributed by atoms with Gasteiger partial charge >= 0.3 is 11.9 Å². The van der Waals surface area contributed by atoms with Crippen LogP contribution in [-0.2, 0) is 14.3 Å². The third-order valence-electron chi connectivity index (χ3n) is 4.68. The molecule has 0 radical (unpaired) electrons. The number of carboxylic acids is 2. The minimum absolute atomic E-state index is 0.500. The first-order valence-corrected chi connectivity index (χ1v) is 8.63. The molecule has 0 amide bonds. The lowest BCUT2D eigenvalue weighted by molar-refractivity contribution is -0.176. The van der Waals surface area contributed by atoms with Gasteiger partial charge < -0.3 is 14.9 Å². The Balaban J connectivity index is 5.41. The maximum absolute atomic E-state index is 11.6. The molecule has 136 valence electrons. The van der Waals surface area contributed by atoms with Crippen LogP contribution >= 0.6 is 0 Å². The molecule has 0 bridgehead atoms. The Bertz CT molecular complexity index is 351. The largest absolute Gasteiger partial charge is 0.481 e. The Morgan fingerprint density at radius 3 is 1.35 bits per heavy atom. The van der Waals surface area contributed by atoms with Crippen LogP contribution in [0.25, 0.3) is 0 Å². The van der Waals surface area contributed by atoms with Gasteiger partial charge in [0, 0.05) is 0 Å². The predicted molar refractivity (Wildman–Crippen MR) is 90.5 cm³/mol. The lowest BCUT2D eigenvalue weighted by Crippen LogP contribution is -2.47. The number of carbonyl (C=O) groups is 2. The minimum Gasteiger partial charge on any atom is -0.481 e. The fourth-order valence-corrected chi connectivity index (χ4v) is 2.45. The monoisotopic (exact) mass is 330 g/mol. The zero-order valence-corrected chi connectivity index (χ0v) is 15.5. The highest BCUT2D eigenvalue weighted by Gasteiger charge is 2.44. The number of unbranched alkanes of at least 4 members (excludes halogenated alkanes) is 2. The summed E-state index contributed by atoms with van der Waals surface area (Å²) in [7, 11) is 0. The quantitative estimate of drug-likeness (QED) is 0.556. The zero-order chi connectivity index (χ0) is 18.3. The van der Waals surface area contributed by atoms with E-state index in [0.29, 0.717) is 12.8 Å². The average Bonchev–Trinajstić information content (AvgIpc) is 2.45. The van der Waals surface area contributed by atoms with Gasteiger partial charge in [-0.05, 0) is 40.5 Å². The van der Waals surface area contributed by atoms with Crippen LogP contribution in [0.5, 0.6) is 0 Å². The summed E-state index contributed by atoms with van der Waals surface area (Å²) >= 11 is 0. The molecule has 0 aromatic carbocycles. The van der Waals surface area contributed by atoms with Gasteiger partial charge in [0.15, 0.2) is 0 Å². The van der Waals surface area contributed by atoms with Crippen molar-refractivity contribution in [3.63, 3.8) is 0 Å². The molecule has 2 unspecified atom stereocenters. The highest BCUT2D eigenvalue weighted by molar-refractivity contribution is 5.75. The van der Waals surface area contributed by atoms with Crippen LogP contribution in [-0.4, -0.2) is 34.4 Å². The molecule has 0 saturated carbocycles. The Hall–Kier alpha value is -1.10. The number of carboxylic acid groups (broad SMARTS) is 2. The summed E-state index contributed by atoms with van der Waals surface area (Å²) in [6.07, 6.45) is 3.84. The van der Waals surface area contributed by atoms with Crippen molar-refractivity contribution in [2.75, 3.05) is 0 Å². The molecule has 0 spiro atoms. The number of hydrogen-bond donors (Lipinski definition) is 2. The van der Waals surface area contributed by atoms with E-state index in [9.17, 15) is 19.8 Å². The Labute approximate surface area is 140 Å². The first-order valence-electron chi connectivity index (χ1n) is 8.63. The molecule has 0 aromatic heterocycles. The van der Waals surface area contributed by atoms with Crippen molar-refractivity contribution in [2.45, 2.75) is 92.3 Å². The molecule has 0 aliphatic rings. The molecule has 0 saturated heterocycles. The topological polar surface area (TPSA) is 83.8 Å². The zero-order valence-electron chi connectivity index (χ0n) is 15.5. The molecule has 0 heterocycles. The predicted octanol–water partition coefficient (Wildman–Crippen LogP) is 4.34. The van der Waals surface area contributed by atoms with Crippen molar-refractivity contribution in [3.8, 4) is 0 Å². The van der Waals surface area contributed by atoms with E-state index in [0.717, 1.165) is 25.7 Å². The molecule has 0 fully saturated rings. The average molecular weight is 330 g/mol. The van der Waals surface area contributed by atoms with Crippen molar-refractivity contribution >= 4 is 11.9 Å². The van der Waals surface area contributed by atoms with Crippen LogP contribution in [0.1, 0.15) is 80.1 Å². The van der Waals surface area contributed by atoms with Gasteiger partial charge in [-0.1, -0.05) is 39.5 Å². The van der Waals surface area contributed by atoms with Crippen LogP contribution in [0.4, 0.5) is 0 Å². The highest BCUT2D eigenvalue weighted by Crippen LogP contribution is 2.35. The summed E-state index contributed by atoms with van der Waals surface area (Å²) in [6, 6.07) is 0. The van der Waals surface area contributed by atoms with Crippen molar-refractivity contribution < 1.29 is 24.5 Å². The SMILES string of the molecule is CCCCC(OC(CCCC)C(C)(C)C(=O)O)C(C)(C)C(=O)O. The second-order valence-electron chi connectivity index (χ2n) is 7.45. The highest BCUT2D eigenvalue weighted by atomic mass is 16.5. The lowest BCUT2D eigenvalue weighted by Gasteiger charge is -2.38. The van der Waals surface area contributed by atoms with Crippen LogP contribution in [0.3, 0.4) is 0 Å². The summed E-state index contributed by atoms with van der Waals surface area (Å²) < 4.78 is 6.15. The summed E-state index contributed by atoms with van der Waals surface area (Å²) in [5.41, 5.74) is -2.09. The number of hydrogen-bond acceptors (Lipinski definition) is 3. The second-order valence-corrected chi connectivity index (χ2v) is 7.45. The second kappa shape index (κ2) is 9.26. The van der Waals surface area contributed by atoms with Crippen molar-refractivity contribution in [3.05, 3.63) is 0 Å². The summed E-state index contributed by atoms with van der Waals surface area (Å²) in [4.78, 5) is 23.2. The van der Waals surface area contributed by atoms with E-state index < -0.39 is 35.0 Å². The van der Waals surface area contributed by atoms with Crippen LogP contribution < -0.4 is 0 Å². The van der Waals surface area contributed by atoms with Gasteiger partial charge in [0.1, 0.15) is 0 Å². The van der Waals surface area contributed by atoms with Gasteiger partial charge in [-0.25, -0.2) is 0 Å². The standard InChI is InChI=1S/C18H34O5/c1-7-9-11-13(17(3,4)15(19)20)23-14(12-10-8-2)18(5,6)16(21)22/h13-14H,7-12H2,1-6H3,(H,19,20)(H,21,22). The first kappa shape index (κ1) is 21.9. The van der Waals surface area contributed by atoms with Gasteiger partial charge in [0.2, 0.25) is 0 Å². The van der Waals surface area contributed by atoms with Gasteiger partial charge in [0.25, 0.3) is 0 Å². The van der Waals surface area contributed by atoms with E-state index in [-0.39, 0.29) is 0 Å². The first-order chi connectivity index (χ1) is 10.5. The molecule has 0 aliphatic heterocycles. The van der Waals surface area contributed by atoms with E-state index in [4.69, 9.17) is 4.74 Å². The molecular weight excluding hydrogens is 296 g/mol. The normalized spacial score (nSPS) is 15.2. The lowest BCUT2D eigenvalue weighted by atomic mass is 9.80. The molecule has 0 aliphatic carbocycles. The Morgan fingerprint density at radius 2 is 1.13 bits per heavy atom. The van der Waals surface area contributed by atoms with E-state index in [1.807, 2.05) is 13.8 Å². The Morgan fingerprint density at radius 1 is 0.826 bits per heavy atom. The number of ether oxygens (including phenoxy) is 1. The van der Waals surface area contributed by atoms with Crippen molar-refractivity contribution in [2.24, 2.45) is 10.8 Å². The molecule has 0 rings (SSSR count). The third-order valence-corrected chi connectivity index (χ3v) is 4.68. The van der Waals surface area contributed by atoms with Gasteiger partial charge in [-0.2, -0.15) is 0 Å². The van der Waals surface area contributed by atoms with E-state index in [1.165, 1.54) is 0 Å².